The number of rotatable bonds is 4. The van der Waals surface area contributed by atoms with Crippen molar-refractivity contribution >= 4 is 28.9 Å². The molecule has 2 aromatic rings. The molecule has 1 aliphatic rings. The molecule has 0 radical (unpaired) electrons. The van der Waals surface area contributed by atoms with Gasteiger partial charge in [0.25, 0.3) is 5.91 Å². The van der Waals surface area contributed by atoms with Crippen LogP contribution < -0.4 is 0 Å². The van der Waals surface area contributed by atoms with Crippen LogP contribution in [-0.4, -0.2) is 70.7 Å². The third-order valence-corrected chi connectivity index (χ3v) is 5.52. The van der Waals surface area contributed by atoms with Crippen molar-refractivity contribution in [2.45, 2.75) is 59.6 Å². The van der Waals surface area contributed by atoms with E-state index in [0.29, 0.717) is 50.5 Å². The largest absolute Gasteiger partial charge is 0.461 e. The number of esters is 1. The minimum absolute atomic E-state index is 0.0629. The number of aromatic nitrogens is 1. The first kappa shape index (κ1) is 24.6. The van der Waals surface area contributed by atoms with Crippen LogP contribution in [0.3, 0.4) is 0 Å². The van der Waals surface area contributed by atoms with E-state index in [2.05, 4.69) is 0 Å². The summed E-state index contributed by atoms with van der Waals surface area (Å²) >= 11 is 0. The first-order valence-corrected chi connectivity index (χ1v) is 11.6. The summed E-state index contributed by atoms with van der Waals surface area (Å²) in [5.41, 5.74) is 1.37. The predicted molar refractivity (Wildman–Crippen MR) is 127 cm³/mol. The molecular formula is C25H35N3O5. The standard InChI is InChI=1S/C25H35N3O5/c1-7-32-23(30)21-16-19-15-18(9-10-20(19)28(21)17(2)3)22(29)26-11-8-12-27(14-13-26)24(31)33-25(4,5)6/h9-10,15-17H,7-8,11-14H2,1-6H3. The summed E-state index contributed by atoms with van der Waals surface area (Å²) in [5.74, 6) is -0.456. The molecule has 0 N–H and O–H groups in total. The molecule has 1 aromatic heterocycles. The van der Waals surface area contributed by atoms with Gasteiger partial charge in [0.15, 0.2) is 0 Å². The molecule has 2 amide bonds. The second-order valence-corrected chi connectivity index (χ2v) is 9.60. The minimum Gasteiger partial charge on any atom is -0.461 e. The third kappa shape index (κ3) is 5.67. The first-order valence-electron chi connectivity index (χ1n) is 11.6. The van der Waals surface area contributed by atoms with E-state index in [4.69, 9.17) is 9.47 Å². The summed E-state index contributed by atoms with van der Waals surface area (Å²) in [6.07, 6.45) is 0.337. The highest BCUT2D eigenvalue weighted by atomic mass is 16.6. The van der Waals surface area contributed by atoms with Gasteiger partial charge in [-0.1, -0.05) is 0 Å². The zero-order chi connectivity index (χ0) is 24.3. The maximum absolute atomic E-state index is 13.3. The second-order valence-electron chi connectivity index (χ2n) is 9.60. The number of carbonyl (C=O) groups excluding carboxylic acids is 3. The normalized spacial score (nSPS) is 15.0. The van der Waals surface area contributed by atoms with E-state index >= 15 is 0 Å². The lowest BCUT2D eigenvalue weighted by atomic mass is 10.1. The molecule has 0 saturated carbocycles. The highest BCUT2D eigenvalue weighted by Gasteiger charge is 2.27. The predicted octanol–water partition coefficient (Wildman–Crippen LogP) is 4.48. The van der Waals surface area contributed by atoms with Crippen molar-refractivity contribution < 1.29 is 23.9 Å². The van der Waals surface area contributed by atoms with Gasteiger partial charge < -0.3 is 23.8 Å². The number of hydrogen-bond donors (Lipinski definition) is 0. The summed E-state index contributed by atoms with van der Waals surface area (Å²) in [5, 5.41) is 0.822. The lowest BCUT2D eigenvalue weighted by Gasteiger charge is -2.26. The van der Waals surface area contributed by atoms with E-state index in [-0.39, 0.29) is 24.0 Å². The van der Waals surface area contributed by atoms with Gasteiger partial charge in [0.1, 0.15) is 11.3 Å². The van der Waals surface area contributed by atoms with E-state index in [0.717, 1.165) is 10.9 Å². The van der Waals surface area contributed by atoms with Crippen molar-refractivity contribution in [3.63, 3.8) is 0 Å². The van der Waals surface area contributed by atoms with Crippen LogP contribution in [0.5, 0.6) is 0 Å². The van der Waals surface area contributed by atoms with Crippen LogP contribution >= 0.6 is 0 Å². The topological polar surface area (TPSA) is 81.1 Å². The van der Waals surface area contributed by atoms with Gasteiger partial charge >= 0.3 is 12.1 Å². The molecule has 8 nitrogen and oxygen atoms in total. The highest BCUT2D eigenvalue weighted by molar-refractivity contribution is 6.01. The van der Waals surface area contributed by atoms with Crippen LogP contribution in [0.4, 0.5) is 4.79 Å². The number of carbonyl (C=O) groups is 3. The zero-order valence-electron chi connectivity index (χ0n) is 20.5. The summed E-state index contributed by atoms with van der Waals surface area (Å²) in [6.45, 7) is 13.6. The molecule has 1 fully saturated rings. The Labute approximate surface area is 195 Å². The van der Waals surface area contributed by atoms with E-state index < -0.39 is 5.60 Å². The van der Waals surface area contributed by atoms with Gasteiger partial charge in [-0.05, 0) is 72.2 Å². The quantitative estimate of drug-likeness (QED) is 0.632. The fourth-order valence-corrected chi connectivity index (χ4v) is 4.10. The fraction of sp³-hybridized carbons (Fsp3) is 0.560. The Morgan fingerprint density at radius 2 is 1.67 bits per heavy atom. The molecule has 8 heteroatoms. The van der Waals surface area contributed by atoms with Gasteiger partial charge in [-0.3, -0.25) is 4.79 Å². The Hall–Kier alpha value is -3.03. The van der Waals surface area contributed by atoms with E-state index in [9.17, 15) is 14.4 Å². The van der Waals surface area contributed by atoms with E-state index in [1.54, 1.807) is 28.9 Å². The Balaban J connectivity index is 1.80. The molecule has 33 heavy (non-hydrogen) atoms. The van der Waals surface area contributed by atoms with E-state index in [1.807, 2.05) is 51.3 Å². The molecule has 180 valence electrons. The average molecular weight is 458 g/mol. The maximum Gasteiger partial charge on any atom is 0.410 e. The number of nitrogens with zero attached hydrogens (tertiary/aromatic N) is 3. The second kappa shape index (κ2) is 9.85. The summed E-state index contributed by atoms with van der Waals surface area (Å²) in [7, 11) is 0. The highest BCUT2D eigenvalue weighted by Crippen LogP contribution is 2.26. The third-order valence-electron chi connectivity index (χ3n) is 5.52. The number of amides is 2. The number of ether oxygens (including phenoxy) is 2. The van der Waals surface area contributed by atoms with Crippen LogP contribution in [0.15, 0.2) is 24.3 Å². The van der Waals surface area contributed by atoms with Crippen LogP contribution in [0, 0.1) is 0 Å². The molecule has 0 atom stereocenters. The van der Waals surface area contributed by atoms with Crippen molar-refractivity contribution in [2.24, 2.45) is 0 Å². The Morgan fingerprint density at radius 1 is 1.00 bits per heavy atom. The van der Waals surface area contributed by atoms with Gasteiger partial charge in [-0.2, -0.15) is 0 Å². The number of hydrogen-bond acceptors (Lipinski definition) is 5. The zero-order valence-corrected chi connectivity index (χ0v) is 20.5. The van der Waals surface area contributed by atoms with Crippen molar-refractivity contribution in [1.29, 1.82) is 0 Å². The van der Waals surface area contributed by atoms with Crippen LogP contribution in [0.2, 0.25) is 0 Å². The molecule has 3 rings (SSSR count). The minimum atomic E-state index is -0.552. The monoisotopic (exact) mass is 457 g/mol. The van der Waals surface area contributed by atoms with E-state index in [1.165, 1.54) is 0 Å². The molecule has 0 bridgehead atoms. The lowest BCUT2D eigenvalue weighted by molar-refractivity contribution is 0.0255. The van der Waals surface area contributed by atoms with Gasteiger partial charge in [-0.15, -0.1) is 0 Å². The average Bonchev–Trinajstić information content (AvgIpc) is 2.94. The molecular weight excluding hydrogens is 422 g/mol. The van der Waals surface area contributed by atoms with Crippen molar-refractivity contribution in [3.8, 4) is 0 Å². The maximum atomic E-state index is 13.3. The lowest BCUT2D eigenvalue weighted by Crippen LogP contribution is -2.40. The van der Waals surface area contributed by atoms with Crippen LogP contribution in [0.25, 0.3) is 10.9 Å². The van der Waals surface area contributed by atoms with Crippen LogP contribution in [-0.2, 0) is 9.47 Å². The molecule has 1 aliphatic heterocycles. The number of fused-ring (bicyclic) bond motifs is 1. The molecule has 0 spiro atoms. The first-order chi connectivity index (χ1) is 15.5. The van der Waals surface area contributed by atoms with Crippen molar-refractivity contribution in [3.05, 3.63) is 35.5 Å². The molecule has 1 saturated heterocycles. The van der Waals surface area contributed by atoms with Gasteiger partial charge in [0.05, 0.1) is 6.61 Å². The van der Waals surface area contributed by atoms with Crippen molar-refractivity contribution in [2.75, 3.05) is 32.8 Å². The van der Waals surface area contributed by atoms with Gasteiger partial charge in [0, 0.05) is 48.7 Å². The Bertz CT molecular complexity index is 1030. The molecule has 2 heterocycles. The number of benzene rings is 1. The molecule has 1 aromatic carbocycles. The Morgan fingerprint density at radius 3 is 2.30 bits per heavy atom. The smallest absolute Gasteiger partial charge is 0.410 e. The summed E-state index contributed by atoms with van der Waals surface area (Å²) in [6, 6.07) is 7.37. The van der Waals surface area contributed by atoms with Gasteiger partial charge in [0.2, 0.25) is 0 Å². The summed E-state index contributed by atoms with van der Waals surface area (Å²) in [4.78, 5) is 41.6. The molecule has 0 unspecified atom stereocenters. The summed E-state index contributed by atoms with van der Waals surface area (Å²) < 4.78 is 12.6. The van der Waals surface area contributed by atoms with Gasteiger partial charge in [-0.25, -0.2) is 9.59 Å². The van der Waals surface area contributed by atoms with Crippen LogP contribution in [0.1, 0.15) is 74.9 Å². The SMILES string of the molecule is CCOC(=O)c1cc2cc(C(=O)N3CCCN(C(=O)OC(C)(C)C)CC3)ccc2n1C(C)C. The Kier molecular flexibility index (Phi) is 7.34. The van der Waals surface area contributed by atoms with Crippen molar-refractivity contribution in [1.82, 2.24) is 14.4 Å². The fourth-order valence-electron chi connectivity index (χ4n) is 4.10. The molecule has 0 aliphatic carbocycles.